The molecule has 0 radical (unpaired) electrons. The monoisotopic (exact) mass is 442 g/mol. The third-order valence-electron chi connectivity index (χ3n) is 5.14. The Bertz CT molecular complexity index is 884. The summed E-state index contributed by atoms with van der Waals surface area (Å²) in [7, 11) is 0. The van der Waals surface area contributed by atoms with Crippen LogP contribution in [0.4, 0.5) is 10.6 Å². The van der Waals surface area contributed by atoms with Crippen molar-refractivity contribution < 1.29 is 19.1 Å². The van der Waals surface area contributed by atoms with E-state index >= 15 is 0 Å². The molecule has 0 spiro atoms. The number of hydrogen-bond acceptors (Lipinski definition) is 5. The average molecular weight is 443 g/mol. The molecule has 1 aromatic heterocycles. The Morgan fingerprint density at radius 1 is 1.06 bits per heavy atom. The van der Waals surface area contributed by atoms with Gasteiger partial charge in [-0.1, -0.05) is 77.8 Å². The minimum Gasteiger partial charge on any atom is -0.446 e. The Kier molecular flexibility index (Phi) is 9.43. The quantitative estimate of drug-likeness (QED) is 0.442. The van der Waals surface area contributed by atoms with E-state index in [0.29, 0.717) is 18.5 Å². The normalized spacial score (nSPS) is 12.1. The van der Waals surface area contributed by atoms with E-state index in [4.69, 9.17) is 4.74 Å². The van der Waals surface area contributed by atoms with Crippen LogP contribution in [-0.2, 0) is 14.3 Å². The van der Waals surface area contributed by atoms with Gasteiger partial charge in [0, 0.05) is 6.07 Å². The summed E-state index contributed by atoms with van der Waals surface area (Å²) in [5.74, 6) is -1.06. The highest BCUT2D eigenvalue weighted by Gasteiger charge is 2.29. The van der Waals surface area contributed by atoms with Crippen molar-refractivity contribution in [2.45, 2.75) is 66.0 Å². The number of rotatable bonds is 11. The van der Waals surface area contributed by atoms with Gasteiger partial charge in [0.1, 0.15) is 12.1 Å². The maximum Gasteiger partial charge on any atom is 0.408 e. The number of nitrogens with zero attached hydrogens (tertiary/aromatic N) is 1. The lowest BCUT2D eigenvalue weighted by Crippen LogP contribution is -2.47. The van der Waals surface area contributed by atoms with Gasteiger partial charge in [0.25, 0.3) is 5.91 Å². The summed E-state index contributed by atoms with van der Waals surface area (Å²) in [6.07, 6.45) is 0.879. The van der Waals surface area contributed by atoms with Crippen molar-refractivity contribution in [3.63, 3.8) is 0 Å². The third-order valence-corrected chi connectivity index (χ3v) is 5.14. The molecule has 0 aliphatic rings. The summed E-state index contributed by atoms with van der Waals surface area (Å²) in [5, 5.41) is 12.0. The highest BCUT2D eigenvalue weighted by molar-refractivity contribution is 6.42. The van der Waals surface area contributed by atoms with Crippen LogP contribution >= 0.6 is 0 Å². The van der Waals surface area contributed by atoms with Gasteiger partial charge in [-0.15, -0.1) is 0 Å². The number of H-pyrrole nitrogens is 1. The Morgan fingerprint density at radius 3 is 2.31 bits per heavy atom. The zero-order chi connectivity index (χ0) is 23.7. The fourth-order valence-corrected chi connectivity index (χ4v) is 3.51. The van der Waals surface area contributed by atoms with Gasteiger partial charge in [0.2, 0.25) is 5.78 Å². The van der Waals surface area contributed by atoms with E-state index < -0.39 is 23.8 Å². The number of Topliss-reactive ketones (excluding diaryl/α,β-unsaturated/α-hetero) is 1. The zero-order valence-electron chi connectivity index (χ0n) is 19.5. The van der Waals surface area contributed by atoms with Crippen LogP contribution in [0.1, 0.15) is 53.9 Å². The van der Waals surface area contributed by atoms with E-state index in [2.05, 4.69) is 20.8 Å². The van der Waals surface area contributed by atoms with Crippen LogP contribution in [-0.4, -0.2) is 40.1 Å². The van der Waals surface area contributed by atoms with Crippen molar-refractivity contribution in [3.8, 4) is 11.3 Å². The van der Waals surface area contributed by atoms with Crippen LogP contribution in [0.3, 0.4) is 0 Å². The summed E-state index contributed by atoms with van der Waals surface area (Å²) in [6, 6.07) is 10.2. The Labute approximate surface area is 189 Å². The van der Waals surface area contributed by atoms with Crippen LogP contribution in [0.5, 0.6) is 0 Å². The minimum atomic E-state index is -0.963. The molecule has 0 bridgehead atoms. The molecule has 2 amide bonds. The number of carbonyl (C=O) groups excluding carboxylic acids is 3. The number of aromatic amines is 1. The van der Waals surface area contributed by atoms with Gasteiger partial charge in [-0.3, -0.25) is 14.7 Å². The Morgan fingerprint density at radius 2 is 1.72 bits per heavy atom. The predicted molar refractivity (Wildman–Crippen MR) is 124 cm³/mol. The molecule has 2 aromatic rings. The number of benzene rings is 1. The van der Waals surface area contributed by atoms with Crippen LogP contribution in [0.2, 0.25) is 0 Å². The summed E-state index contributed by atoms with van der Waals surface area (Å²) in [5.41, 5.74) is 1.62. The molecule has 0 unspecified atom stereocenters. The highest BCUT2D eigenvalue weighted by atomic mass is 16.6. The first-order valence-electron chi connectivity index (χ1n) is 11.2. The largest absolute Gasteiger partial charge is 0.446 e. The Balaban J connectivity index is 2.04. The van der Waals surface area contributed by atoms with Gasteiger partial charge in [-0.05, 0) is 23.8 Å². The van der Waals surface area contributed by atoms with Gasteiger partial charge in [0.05, 0.1) is 5.69 Å². The van der Waals surface area contributed by atoms with Crippen molar-refractivity contribution in [1.82, 2.24) is 15.5 Å². The second kappa shape index (κ2) is 12.0. The molecule has 174 valence electrons. The van der Waals surface area contributed by atoms with E-state index in [1.165, 1.54) is 0 Å². The van der Waals surface area contributed by atoms with Crippen molar-refractivity contribution in [1.29, 1.82) is 0 Å². The predicted octanol–water partition coefficient (Wildman–Crippen LogP) is 4.55. The maximum absolute atomic E-state index is 12.8. The van der Waals surface area contributed by atoms with Crippen molar-refractivity contribution in [2.75, 3.05) is 5.32 Å². The van der Waals surface area contributed by atoms with Crippen molar-refractivity contribution in [3.05, 3.63) is 36.4 Å². The first-order valence-corrected chi connectivity index (χ1v) is 11.2. The molecule has 8 nitrogen and oxygen atoms in total. The lowest BCUT2D eigenvalue weighted by atomic mass is 9.96. The van der Waals surface area contributed by atoms with Gasteiger partial charge >= 0.3 is 6.09 Å². The van der Waals surface area contributed by atoms with E-state index in [0.717, 1.165) is 12.0 Å². The number of carbonyl (C=O) groups is 3. The third kappa shape index (κ3) is 7.21. The molecule has 2 rings (SSSR count). The van der Waals surface area contributed by atoms with Crippen LogP contribution in [0.25, 0.3) is 11.3 Å². The van der Waals surface area contributed by atoms with E-state index in [-0.39, 0.29) is 23.8 Å². The van der Waals surface area contributed by atoms with Crippen LogP contribution < -0.4 is 10.6 Å². The number of hydrogen-bond donors (Lipinski definition) is 3. The SMILES string of the molecule is CCCC[C@H](NC(=O)OC(C(C)C)C(C)C)C(=O)C(=O)Nc1cc(-c2ccccc2)[nH]n1. The lowest BCUT2D eigenvalue weighted by molar-refractivity contribution is -0.136. The molecule has 0 aliphatic carbocycles. The molecule has 1 aromatic carbocycles. The van der Waals surface area contributed by atoms with Gasteiger partial charge < -0.3 is 15.4 Å². The van der Waals surface area contributed by atoms with Crippen molar-refractivity contribution in [2.24, 2.45) is 11.8 Å². The number of unbranched alkanes of at least 4 members (excludes halogenated alkanes) is 1. The number of nitrogens with one attached hydrogen (secondary N) is 3. The van der Waals surface area contributed by atoms with Crippen LogP contribution in [0.15, 0.2) is 36.4 Å². The molecule has 0 saturated heterocycles. The fourth-order valence-electron chi connectivity index (χ4n) is 3.51. The molecular weight excluding hydrogens is 408 g/mol. The summed E-state index contributed by atoms with van der Waals surface area (Å²) in [6.45, 7) is 9.86. The number of alkyl carbamates (subject to hydrolysis) is 1. The second-order valence-electron chi connectivity index (χ2n) is 8.55. The number of aromatic nitrogens is 2. The van der Waals surface area contributed by atoms with Gasteiger partial charge in [-0.2, -0.15) is 5.10 Å². The number of ether oxygens (including phenoxy) is 1. The molecule has 0 fully saturated rings. The molecule has 3 N–H and O–H groups in total. The molecular formula is C24H34N4O4. The summed E-state index contributed by atoms with van der Waals surface area (Å²) < 4.78 is 5.53. The molecule has 0 aliphatic heterocycles. The van der Waals surface area contributed by atoms with Gasteiger partial charge in [-0.25, -0.2) is 4.79 Å². The fraction of sp³-hybridized carbons (Fsp3) is 0.500. The van der Waals surface area contributed by atoms with Crippen LogP contribution in [0, 0.1) is 11.8 Å². The number of anilines is 1. The first-order chi connectivity index (χ1) is 15.2. The zero-order valence-corrected chi connectivity index (χ0v) is 19.5. The molecule has 1 atom stereocenters. The minimum absolute atomic E-state index is 0.132. The topological polar surface area (TPSA) is 113 Å². The van der Waals surface area contributed by atoms with Crippen molar-refractivity contribution >= 4 is 23.6 Å². The summed E-state index contributed by atoms with van der Waals surface area (Å²) >= 11 is 0. The van der Waals surface area contributed by atoms with Gasteiger partial charge in [0.15, 0.2) is 5.82 Å². The van der Waals surface area contributed by atoms with E-state index in [1.807, 2.05) is 65.0 Å². The number of ketones is 1. The number of amides is 2. The van der Waals surface area contributed by atoms with E-state index in [9.17, 15) is 14.4 Å². The average Bonchev–Trinajstić information content (AvgIpc) is 3.23. The molecule has 8 heteroatoms. The lowest BCUT2D eigenvalue weighted by Gasteiger charge is -2.26. The van der Waals surface area contributed by atoms with E-state index in [1.54, 1.807) is 6.07 Å². The smallest absolute Gasteiger partial charge is 0.408 e. The molecule has 1 heterocycles. The second-order valence-corrected chi connectivity index (χ2v) is 8.55. The highest BCUT2D eigenvalue weighted by Crippen LogP contribution is 2.19. The maximum atomic E-state index is 12.8. The molecule has 32 heavy (non-hydrogen) atoms. The first kappa shape index (κ1) is 25.1. The standard InChI is InChI=1S/C24H34N4O4/c1-6-7-13-18(25-24(31)32-22(15(2)3)16(4)5)21(29)23(30)26-20-14-19(27-28-20)17-11-9-8-10-12-17/h8-12,14-16,18,22H,6-7,13H2,1-5H3,(H,25,31)(H2,26,27,28,30)/t18-/m0/s1. The summed E-state index contributed by atoms with van der Waals surface area (Å²) in [4.78, 5) is 37.8. The Hall–Kier alpha value is -3.16. The molecule has 0 saturated carbocycles.